The highest BCUT2D eigenvalue weighted by molar-refractivity contribution is 8.13. The van der Waals surface area contributed by atoms with Gasteiger partial charge >= 0.3 is 0 Å². The summed E-state index contributed by atoms with van der Waals surface area (Å²) in [7, 11) is 4.59. The van der Waals surface area contributed by atoms with Crippen molar-refractivity contribution in [2.45, 2.75) is 4.90 Å². The Bertz CT molecular complexity index is 621. The molecule has 0 bridgehead atoms. The van der Waals surface area contributed by atoms with Crippen molar-refractivity contribution in [2.75, 3.05) is 26.6 Å². The molecule has 6 heteroatoms. The minimum atomic E-state index is -0.194. The van der Waals surface area contributed by atoms with Crippen LogP contribution < -0.4 is 19.5 Å². The second kappa shape index (κ2) is 7.61. The van der Waals surface area contributed by atoms with Gasteiger partial charge in [-0.3, -0.25) is 4.79 Å². The molecular weight excluding hydrogens is 302 g/mol. The predicted octanol–water partition coefficient (Wildman–Crippen LogP) is 4.04. The van der Waals surface area contributed by atoms with Crippen LogP contribution in [0.5, 0.6) is 17.2 Å². The van der Waals surface area contributed by atoms with E-state index in [1.54, 1.807) is 12.1 Å². The Morgan fingerprint density at radius 2 is 1.55 bits per heavy atom. The number of carbonyl (C=O) groups is 1. The molecule has 0 atom stereocenters. The van der Waals surface area contributed by atoms with Gasteiger partial charge in [0, 0.05) is 22.7 Å². The summed E-state index contributed by atoms with van der Waals surface area (Å²) in [5.41, 5.74) is 0.572. The Labute approximate surface area is 133 Å². The van der Waals surface area contributed by atoms with Crippen molar-refractivity contribution >= 4 is 22.7 Å². The van der Waals surface area contributed by atoms with E-state index >= 15 is 0 Å². The van der Waals surface area contributed by atoms with Crippen molar-refractivity contribution < 1.29 is 19.0 Å². The molecule has 0 radical (unpaired) electrons. The van der Waals surface area contributed by atoms with Crippen molar-refractivity contribution in [3.05, 3.63) is 42.5 Å². The summed E-state index contributed by atoms with van der Waals surface area (Å²) in [5, 5.41) is 2.61. The number of benzene rings is 2. The maximum Gasteiger partial charge on any atom is 0.288 e. The molecule has 0 aliphatic rings. The van der Waals surface area contributed by atoms with Gasteiger partial charge in [0.2, 0.25) is 5.75 Å². The Morgan fingerprint density at radius 3 is 2.05 bits per heavy atom. The number of amides is 1. The number of rotatable bonds is 5. The number of ether oxygens (including phenoxy) is 3. The van der Waals surface area contributed by atoms with Crippen LogP contribution in [0.1, 0.15) is 0 Å². The van der Waals surface area contributed by atoms with Gasteiger partial charge in [0.25, 0.3) is 5.24 Å². The fourth-order valence-electron chi connectivity index (χ4n) is 1.89. The molecule has 0 aromatic heterocycles. The summed E-state index contributed by atoms with van der Waals surface area (Å²) in [5.74, 6) is 1.46. The first-order chi connectivity index (χ1) is 10.7. The molecule has 2 aromatic rings. The molecule has 1 amide bonds. The molecule has 0 aliphatic carbocycles. The summed E-state index contributed by atoms with van der Waals surface area (Å²) < 4.78 is 15.8. The van der Waals surface area contributed by atoms with E-state index in [0.29, 0.717) is 22.9 Å². The first kappa shape index (κ1) is 16.0. The van der Waals surface area contributed by atoms with Crippen LogP contribution in [0.3, 0.4) is 0 Å². The molecule has 1 N–H and O–H groups in total. The number of hydrogen-bond acceptors (Lipinski definition) is 5. The second-order valence-electron chi connectivity index (χ2n) is 4.24. The van der Waals surface area contributed by atoms with E-state index in [9.17, 15) is 4.79 Å². The van der Waals surface area contributed by atoms with Gasteiger partial charge in [-0.1, -0.05) is 18.2 Å². The highest BCUT2D eigenvalue weighted by Gasteiger charge is 2.14. The van der Waals surface area contributed by atoms with Gasteiger partial charge in [-0.25, -0.2) is 0 Å². The zero-order valence-electron chi connectivity index (χ0n) is 12.6. The molecule has 0 fully saturated rings. The Morgan fingerprint density at radius 1 is 0.955 bits per heavy atom. The molecule has 0 saturated heterocycles. The molecule has 0 spiro atoms. The number of methoxy groups -OCH3 is 3. The number of anilines is 1. The molecule has 5 nitrogen and oxygen atoms in total. The quantitative estimate of drug-likeness (QED) is 0.843. The third-order valence-electron chi connectivity index (χ3n) is 2.86. The van der Waals surface area contributed by atoms with Gasteiger partial charge in [-0.05, 0) is 23.9 Å². The predicted molar refractivity (Wildman–Crippen MR) is 87.4 cm³/mol. The summed E-state index contributed by atoms with van der Waals surface area (Å²) in [4.78, 5) is 12.9. The Kier molecular flexibility index (Phi) is 5.55. The molecule has 22 heavy (non-hydrogen) atoms. The first-order valence-electron chi connectivity index (χ1n) is 6.51. The van der Waals surface area contributed by atoms with Gasteiger partial charge in [-0.2, -0.15) is 0 Å². The van der Waals surface area contributed by atoms with E-state index in [-0.39, 0.29) is 5.24 Å². The van der Waals surface area contributed by atoms with E-state index < -0.39 is 0 Å². The lowest BCUT2D eigenvalue weighted by atomic mass is 10.2. The molecule has 116 valence electrons. The smallest absolute Gasteiger partial charge is 0.288 e. The zero-order chi connectivity index (χ0) is 15.9. The van der Waals surface area contributed by atoms with Crippen LogP contribution in [0.25, 0.3) is 0 Å². The van der Waals surface area contributed by atoms with Crippen LogP contribution in [-0.2, 0) is 0 Å². The van der Waals surface area contributed by atoms with Crippen molar-refractivity contribution in [2.24, 2.45) is 0 Å². The van der Waals surface area contributed by atoms with Gasteiger partial charge in [0.1, 0.15) is 0 Å². The minimum absolute atomic E-state index is 0.194. The lowest BCUT2D eigenvalue weighted by molar-refractivity contribution is 0.269. The lowest BCUT2D eigenvalue weighted by Gasteiger charge is -2.14. The fourth-order valence-corrected chi connectivity index (χ4v) is 2.57. The van der Waals surface area contributed by atoms with Crippen molar-refractivity contribution in [1.29, 1.82) is 0 Å². The monoisotopic (exact) mass is 319 g/mol. The van der Waals surface area contributed by atoms with Gasteiger partial charge < -0.3 is 19.5 Å². The number of hydrogen-bond donors (Lipinski definition) is 1. The van der Waals surface area contributed by atoms with Crippen LogP contribution in [0.15, 0.2) is 47.4 Å². The molecule has 2 rings (SSSR count). The maximum absolute atomic E-state index is 12.1. The maximum atomic E-state index is 12.1. The lowest BCUT2D eigenvalue weighted by Crippen LogP contribution is -2.05. The van der Waals surface area contributed by atoms with Crippen molar-refractivity contribution in [3.63, 3.8) is 0 Å². The molecule has 0 aliphatic heterocycles. The molecular formula is C16H17NO4S. The highest BCUT2D eigenvalue weighted by atomic mass is 32.2. The SMILES string of the molecule is COc1cc(NC(=O)Sc2ccccc2)cc(OC)c1OC. The first-order valence-corrected chi connectivity index (χ1v) is 7.33. The minimum Gasteiger partial charge on any atom is -0.493 e. The largest absolute Gasteiger partial charge is 0.493 e. The molecule has 0 saturated carbocycles. The number of carbonyl (C=O) groups excluding carboxylic acids is 1. The summed E-state index contributed by atoms with van der Waals surface area (Å²) >= 11 is 1.11. The van der Waals surface area contributed by atoms with E-state index in [1.165, 1.54) is 21.3 Å². The summed E-state index contributed by atoms with van der Waals surface area (Å²) in [6.45, 7) is 0. The zero-order valence-corrected chi connectivity index (χ0v) is 13.4. The summed E-state index contributed by atoms with van der Waals surface area (Å²) in [6, 6.07) is 12.8. The van der Waals surface area contributed by atoms with Gasteiger partial charge in [-0.15, -0.1) is 0 Å². The van der Waals surface area contributed by atoms with Crippen molar-refractivity contribution in [1.82, 2.24) is 0 Å². The molecule has 2 aromatic carbocycles. The third kappa shape index (κ3) is 3.85. The third-order valence-corrected chi connectivity index (χ3v) is 3.66. The summed E-state index contributed by atoms with van der Waals surface area (Å²) in [6.07, 6.45) is 0. The normalized spacial score (nSPS) is 9.95. The standard InChI is InChI=1S/C16H17NO4S/c1-19-13-9-11(10-14(20-2)15(13)21-3)17-16(18)22-12-7-5-4-6-8-12/h4-10H,1-3H3,(H,17,18). The molecule has 0 heterocycles. The van der Waals surface area contributed by atoms with E-state index in [1.807, 2.05) is 30.3 Å². The van der Waals surface area contributed by atoms with Crippen LogP contribution in [0.2, 0.25) is 0 Å². The van der Waals surface area contributed by atoms with E-state index in [4.69, 9.17) is 14.2 Å². The molecule has 0 unspecified atom stereocenters. The topological polar surface area (TPSA) is 56.8 Å². The average molecular weight is 319 g/mol. The fraction of sp³-hybridized carbons (Fsp3) is 0.188. The van der Waals surface area contributed by atoms with Crippen LogP contribution >= 0.6 is 11.8 Å². The Balaban J connectivity index is 2.17. The van der Waals surface area contributed by atoms with Crippen molar-refractivity contribution in [3.8, 4) is 17.2 Å². The van der Waals surface area contributed by atoms with Crippen LogP contribution in [0, 0.1) is 0 Å². The number of nitrogens with one attached hydrogen (secondary N) is 1. The highest BCUT2D eigenvalue weighted by Crippen LogP contribution is 2.40. The van der Waals surface area contributed by atoms with Crippen LogP contribution in [0.4, 0.5) is 10.5 Å². The van der Waals surface area contributed by atoms with E-state index in [0.717, 1.165) is 16.7 Å². The number of thioether (sulfide) groups is 1. The van der Waals surface area contributed by atoms with Gasteiger partial charge in [0.05, 0.1) is 21.3 Å². The van der Waals surface area contributed by atoms with Crippen LogP contribution in [-0.4, -0.2) is 26.6 Å². The Hall–Kier alpha value is -2.34. The van der Waals surface area contributed by atoms with Gasteiger partial charge in [0.15, 0.2) is 11.5 Å². The van der Waals surface area contributed by atoms with E-state index in [2.05, 4.69) is 5.32 Å². The average Bonchev–Trinajstić information content (AvgIpc) is 2.54. The second-order valence-corrected chi connectivity index (χ2v) is 5.29.